The molecule has 0 bridgehead atoms. The summed E-state index contributed by atoms with van der Waals surface area (Å²) in [5.41, 5.74) is 0.748. The van der Waals surface area contributed by atoms with Crippen molar-refractivity contribution in [3.8, 4) is 0 Å². The number of anilines is 1. The third kappa shape index (κ3) is 3.42. The van der Waals surface area contributed by atoms with Gasteiger partial charge in [-0.15, -0.1) is 0 Å². The molecule has 1 aromatic rings. The lowest BCUT2D eigenvalue weighted by atomic mass is 10.3. The Balaban J connectivity index is 2.20. The van der Waals surface area contributed by atoms with E-state index in [2.05, 4.69) is 4.74 Å². The molecular formula is C13H17FN2O3. The number of ether oxygens (including phenoxy) is 2. The van der Waals surface area contributed by atoms with Gasteiger partial charge < -0.3 is 9.47 Å². The minimum atomic E-state index is -1.27. The highest BCUT2D eigenvalue weighted by Crippen LogP contribution is 2.20. The molecule has 0 amide bonds. The summed E-state index contributed by atoms with van der Waals surface area (Å²) in [7, 11) is 1.32. The van der Waals surface area contributed by atoms with E-state index >= 15 is 0 Å². The Labute approximate surface area is 111 Å². The van der Waals surface area contributed by atoms with Crippen molar-refractivity contribution in [3.63, 3.8) is 0 Å². The first-order valence-electron chi connectivity index (χ1n) is 6.10. The van der Waals surface area contributed by atoms with Gasteiger partial charge in [-0.25, -0.2) is 4.39 Å². The number of carbonyl (C=O) groups is 1. The van der Waals surface area contributed by atoms with E-state index in [0.29, 0.717) is 13.2 Å². The van der Waals surface area contributed by atoms with E-state index in [1.807, 2.05) is 30.3 Å². The SMILES string of the molecule is COC(=O)CN(c1ccccc1)N1CCOCC1F. The Bertz CT molecular complexity index is 416. The molecule has 1 fully saturated rings. The Morgan fingerprint density at radius 2 is 2.26 bits per heavy atom. The summed E-state index contributed by atoms with van der Waals surface area (Å²) in [5, 5.41) is 3.09. The molecular weight excluding hydrogens is 251 g/mol. The molecule has 104 valence electrons. The molecule has 0 saturated carbocycles. The standard InChI is InChI=1S/C13H17FN2O3/c1-18-13(17)9-16(11-5-3-2-4-6-11)15-7-8-19-10-12(15)14/h2-6,12H,7-10H2,1H3. The van der Waals surface area contributed by atoms with Crippen molar-refractivity contribution in [1.29, 1.82) is 0 Å². The lowest BCUT2D eigenvalue weighted by Crippen LogP contribution is -2.55. The second kappa shape index (κ2) is 6.49. The van der Waals surface area contributed by atoms with Crippen molar-refractivity contribution in [1.82, 2.24) is 5.01 Å². The van der Waals surface area contributed by atoms with Crippen molar-refractivity contribution in [2.24, 2.45) is 0 Å². The zero-order chi connectivity index (χ0) is 13.7. The van der Waals surface area contributed by atoms with Crippen LogP contribution >= 0.6 is 0 Å². The van der Waals surface area contributed by atoms with Gasteiger partial charge in [0, 0.05) is 6.54 Å². The van der Waals surface area contributed by atoms with Crippen LogP contribution in [0, 0.1) is 0 Å². The van der Waals surface area contributed by atoms with Crippen molar-refractivity contribution in [3.05, 3.63) is 30.3 Å². The maximum atomic E-state index is 13.9. The third-order valence-electron chi connectivity index (χ3n) is 2.91. The summed E-state index contributed by atoms with van der Waals surface area (Å²) in [6, 6.07) is 9.20. The molecule has 1 unspecified atom stereocenters. The molecule has 0 aromatic heterocycles. The molecule has 5 nitrogen and oxygen atoms in total. The number of benzene rings is 1. The topological polar surface area (TPSA) is 42.0 Å². The molecule has 1 saturated heterocycles. The van der Waals surface area contributed by atoms with Crippen LogP contribution in [-0.4, -0.2) is 50.7 Å². The van der Waals surface area contributed by atoms with Crippen LogP contribution in [0.5, 0.6) is 0 Å². The normalized spacial score (nSPS) is 20.0. The number of carbonyl (C=O) groups excluding carboxylic acids is 1. The molecule has 0 aliphatic carbocycles. The first-order valence-corrected chi connectivity index (χ1v) is 6.10. The molecule has 1 atom stereocenters. The monoisotopic (exact) mass is 268 g/mol. The summed E-state index contributed by atoms with van der Waals surface area (Å²) in [6.07, 6.45) is -1.27. The molecule has 1 aliphatic rings. The number of alkyl halides is 1. The van der Waals surface area contributed by atoms with E-state index in [9.17, 15) is 9.18 Å². The first-order chi connectivity index (χ1) is 9.22. The van der Waals surface area contributed by atoms with Gasteiger partial charge in [0.2, 0.25) is 0 Å². The summed E-state index contributed by atoms with van der Waals surface area (Å²) < 4.78 is 23.7. The van der Waals surface area contributed by atoms with Gasteiger partial charge in [0.15, 0.2) is 6.30 Å². The van der Waals surface area contributed by atoms with Gasteiger partial charge in [0.05, 0.1) is 26.0 Å². The van der Waals surface area contributed by atoms with E-state index in [-0.39, 0.29) is 13.2 Å². The molecule has 0 N–H and O–H groups in total. The maximum absolute atomic E-state index is 13.9. The average molecular weight is 268 g/mol. The van der Waals surface area contributed by atoms with Gasteiger partial charge in [-0.1, -0.05) is 18.2 Å². The fraction of sp³-hybridized carbons (Fsp3) is 0.462. The Morgan fingerprint density at radius 1 is 1.53 bits per heavy atom. The van der Waals surface area contributed by atoms with E-state index in [1.54, 1.807) is 5.01 Å². The van der Waals surface area contributed by atoms with Gasteiger partial charge >= 0.3 is 5.97 Å². The highest BCUT2D eigenvalue weighted by atomic mass is 19.1. The quantitative estimate of drug-likeness (QED) is 0.606. The van der Waals surface area contributed by atoms with Gasteiger partial charge in [0.25, 0.3) is 0 Å². The van der Waals surface area contributed by atoms with Crippen LogP contribution in [0.25, 0.3) is 0 Å². The summed E-state index contributed by atoms with van der Waals surface area (Å²) in [5.74, 6) is -0.414. The van der Waals surface area contributed by atoms with Crippen LogP contribution in [0.1, 0.15) is 0 Å². The predicted octanol–water partition coefficient (Wildman–Crippen LogP) is 1.21. The van der Waals surface area contributed by atoms with Crippen LogP contribution in [0.2, 0.25) is 0 Å². The number of para-hydroxylation sites is 1. The van der Waals surface area contributed by atoms with Crippen LogP contribution < -0.4 is 5.01 Å². The number of nitrogens with zero attached hydrogens (tertiary/aromatic N) is 2. The number of hydrogen-bond donors (Lipinski definition) is 0. The Morgan fingerprint density at radius 3 is 2.89 bits per heavy atom. The molecule has 0 spiro atoms. The third-order valence-corrected chi connectivity index (χ3v) is 2.91. The molecule has 1 aliphatic heterocycles. The zero-order valence-electron chi connectivity index (χ0n) is 10.8. The van der Waals surface area contributed by atoms with Crippen molar-refractivity contribution in [2.45, 2.75) is 6.30 Å². The lowest BCUT2D eigenvalue weighted by Gasteiger charge is -2.40. The second-order valence-corrected chi connectivity index (χ2v) is 4.14. The number of halogens is 1. The number of esters is 1. The highest BCUT2D eigenvalue weighted by Gasteiger charge is 2.29. The predicted molar refractivity (Wildman–Crippen MR) is 68.2 cm³/mol. The Kier molecular flexibility index (Phi) is 4.70. The largest absolute Gasteiger partial charge is 0.468 e. The van der Waals surface area contributed by atoms with E-state index in [0.717, 1.165) is 5.69 Å². The average Bonchev–Trinajstić information content (AvgIpc) is 2.46. The smallest absolute Gasteiger partial charge is 0.326 e. The van der Waals surface area contributed by atoms with Gasteiger partial charge in [0.1, 0.15) is 6.54 Å². The highest BCUT2D eigenvalue weighted by molar-refractivity contribution is 5.75. The molecule has 0 radical (unpaired) electrons. The van der Waals surface area contributed by atoms with E-state index < -0.39 is 12.3 Å². The molecule has 2 rings (SSSR count). The molecule has 6 heteroatoms. The van der Waals surface area contributed by atoms with E-state index in [4.69, 9.17) is 4.74 Å². The number of morpholine rings is 1. The minimum Gasteiger partial charge on any atom is -0.468 e. The molecule has 19 heavy (non-hydrogen) atoms. The van der Waals surface area contributed by atoms with Gasteiger partial charge in [-0.2, -0.15) is 5.01 Å². The fourth-order valence-electron chi connectivity index (χ4n) is 1.95. The maximum Gasteiger partial charge on any atom is 0.326 e. The van der Waals surface area contributed by atoms with Crippen LogP contribution in [-0.2, 0) is 14.3 Å². The van der Waals surface area contributed by atoms with Crippen LogP contribution in [0.4, 0.5) is 10.1 Å². The Hall–Kier alpha value is -1.66. The number of hydrazine groups is 1. The van der Waals surface area contributed by atoms with Gasteiger partial charge in [-0.05, 0) is 12.1 Å². The van der Waals surface area contributed by atoms with Crippen LogP contribution in [0.3, 0.4) is 0 Å². The molecule has 1 heterocycles. The molecule has 1 aromatic carbocycles. The number of rotatable bonds is 4. The van der Waals surface area contributed by atoms with Crippen LogP contribution in [0.15, 0.2) is 30.3 Å². The van der Waals surface area contributed by atoms with Gasteiger partial charge in [-0.3, -0.25) is 9.80 Å². The van der Waals surface area contributed by atoms with E-state index in [1.165, 1.54) is 12.1 Å². The summed E-state index contributed by atoms with van der Waals surface area (Å²) >= 11 is 0. The minimum absolute atomic E-state index is 0.00447. The second-order valence-electron chi connectivity index (χ2n) is 4.14. The summed E-state index contributed by atoms with van der Waals surface area (Å²) in [6.45, 7) is 0.809. The lowest BCUT2D eigenvalue weighted by molar-refractivity contribution is -0.140. The van der Waals surface area contributed by atoms with Crippen molar-refractivity contribution >= 4 is 11.7 Å². The fourth-order valence-corrected chi connectivity index (χ4v) is 1.95. The van der Waals surface area contributed by atoms with Crippen molar-refractivity contribution in [2.75, 3.05) is 38.4 Å². The zero-order valence-corrected chi connectivity index (χ0v) is 10.8. The number of hydrogen-bond acceptors (Lipinski definition) is 5. The van der Waals surface area contributed by atoms with Crippen molar-refractivity contribution < 1.29 is 18.7 Å². The summed E-state index contributed by atoms with van der Waals surface area (Å²) in [4.78, 5) is 11.5. The number of methoxy groups -OCH3 is 1. The first kappa shape index (κ1) is 13.8.